The van der Waals surface area contributed by atoms with E-state index in [2.05, 4.69) is 15.5 Å². The van der Waals surface area contributed by atoms with Crippen LogP contribution in [0.1, 0.15) is 29.3 Å². The van der Waals surface area contributed by atoms with Gasteiger partial charge in [-0.1, -0.05) is 11.3 Å². The fourth-order valence-corrected chi connectivity index (χ4v) is 3.11. The first-order chi connectivity index (χ1) is 10.7. The van der Waals surface area contributed by atoms with Crippen LogP contribution < -0.4 is 19.5 Å². The highest BCUT2D eigenvalue weighted by Crippen LogP contribution is 2.42. The van der Waals surface area contributed by atoms with Crippen molar-refractivity contribution in [2.75, 3.05) is 26.6 Å². The van der Waals surface area contributed by atoms with Crippen LogP contribution >= 0.6 is 11.3 Å². The average molecular weight is 321 g/mol. The zero-order chi connectivity index (χ0) is 15.5. The zero-order valence-corrected chi connectivity index (χ0v) is 13.7. The maximum absolute atomic E-state index is 5.42. The Kier molecular flexibility index (Phi) is 4.33. The second-order valence-electron chi connectivity index (χ2n) is 5.09. The van der Waals surface area contributed by atoms with Crippen LogP contribution in [0.15, 0.2) is 12.1 Å². The number of hydrogen-bond donors (Lipinski definition) is 1. The van der Waals surface area contributed by atoms with Gasteiger partial charge in [-0.3, -0.25) is 0 Å². The molecule has 0 bridgehead atoms. The zero-order valence-electron chi connectivity index (χ0n) is 12.9. The second-order valence-corrected chi connectivity index (χ2v) is 6.10. The van der Waals surface area contributed by atoms with Gasteiger partial charge in [0.1, 0.15) is 10.8 Å². The molecule has 118 valence electrons. The molecule has 7 heteroatoms. The van der Waals surface area contributed by atoms with Crippen LogP contribution in [0, 0.1) is 0 Å². The standard InChI is InChI=1S/C15H19N3O3S/c1-19-11-7-13(21-3)12(20-2)6-10(11)8-16-15-18-17-14(22-15)9-4-5-9/h6-7,9H,4-5,8H2,1-3H3,(H,16,18). The maximum atomic E-state index is 5.42. The molecular weight excluding hydrogens is 302 g/mol. The van der Waals surface area contributed by atoms with Gasteiger partial charge in [0.2, 0.25) is 5.13 Å². The first-order valence-electron chi connectivity index (χ1n) is 7.11. The third-order valence-electron chi connectivity index (χ3n) is 3.58. The van der Waals surface area contributed by atoms with Gasteiger partial charge in [-0.15, -0.1) is 10.2 Å². The SMILES string of the molecule is COc1cc(OC)c(OC)cc1CNc1nnc(C2CC2)s1. The number of benzene rings is 1. The summed E-state index contributed by atoms with van der Waals surface area (Å²) in [5.41, 5.74) is 0.975. The van der Waals surface area contributed by atoms with Gasteiger partial charge in [-0.2, -0.15) is 0 Å². The summed E-state index contributed by atoms with van der Waals surface area (Å²) in [5.74, 6) is 2.70. The van der Waals surface area contributed by atoms with Crippen LogP contribution in [0.5, 0.6) is 17.2 Å². The molecule has 2 aromatic rings. The normalized spacial score (nSPS) is 13.8. The molecule has 1 saturated carbocycles. The first-order valence-corrected chi connectivity index (χ1v) is 7.93. The van der Waals surface area contributed by atoms with E-state index in [1.807, 2.05) is 12.1 Å². The summed E-state index contributed by atoms with van der Waals surface area (Å²) in [6.45, 7) is 0.586. The molecule has 3 rings (SSSR count). The Bertz CT molecular complexity index is 655. The van der Waals surface area contributed by atoms with Gasteiger partial charge in [0.25, 0.3) is 0 Å². The molecule has 0 saturated heterocycles. The van der Waals surface area contributed by atoms with Gasteiger partial charge < -0.3 is 19.5 Å². The number of nitrogens with one attached hydrogen (secondary N) is 1. The summed E-state index contributed by atoms with van der Waals surface area (Å²) in [5, 5.41) is 13.7. The van der Waals surface area contributed by atoms with Crippen LogP contribution in [0.25, 0.3) is 0 Å². The number of anilines is 1. The van der Waals surface area contributed by atoms with Crippen LogP contribution in [-0.2, 0) is 6.54 Å². The van der Waals surface area contributed by atoms with E-state index in [0.717, 1.165) is 21.5 Å². The molecule has 1 aliphatic carbocycles. The van der Waals surface area contributed by atoms with E-state index in [0.29, 0.717) is 24.0 Å². The molecule has 1 aromatic carbocycles. The molecule has 1 aliphatic rings. The number of ether oxygens (including phenoxy) is 3. The van der Waals surface area contributed by atoms with E-state index in [1.165, 1.54) is 12.8 Å². The molecule has 1 aromatic heterocycles. The molecule has 1 fully saturated rings. The van der Waals surface area contributed by atoms with Crippen LogP contribution in [0.4, 0.5) is 5.13 Å². The van der Waals surface area contributed by atoms with Crippen molar-refractivity contribution >= 4 is 16.5 Å². The topological polar surface area (TPSA) is 65.5 Å². The van der Waals surface area contributed by atoms with E-state index < -0.39 is 0 Å². The Labute approximate surface area is 133 Å². The molecular formula is C15H19N3O3S. The lowest BCUT2D eigenvalue weighted by atomic mass is 10.1. The maximum Gasteiger partial charge on any atom is 0.205 e. The molecule has 0 spiro atoms. The van der Waals surface area contributed by atoms with Gasteiger partial charge in [0, 0.05) is 24.1 Å². The Morgan fingerprint density at radius 3 is 2.36 bits per heavy atom. The first kappa shape index (κ1) is 14.9. The van der Waals surface area contributed by atoms with Gasteiger partial charge in [0.15, 0.2) is 11.5 Å². The van der Waals surface area contributed by atoms with Gasteiger partial charge in [-0.05, 0) is 18.9 Å². The lowest BCUT2D eigenvalue weighted by molar-refractivity contribution is 0.347. The van der Waals surface area contributed by atoms with Crippen molar-refractivity contribution in [3.05, 3.63) is 22.7 Å². The molecule has 1 heterocycles. The fourth-order valence-electron chi connectivity index (χ4n) is 2.20. The number of aromatic nitrogens is 2. The van der Waals surface area contributed by atoms with Crippen molar-refractivity contribution in [2.45, 2.75) is 25.3 Å². The van der Waals surface area contributed by atoms with Crippen molar-refractivity contribution in [2.24, 2.45) is 0 Å². The third kappa shape index (κ3) is 3.09. The summed E-state index contributed by atoms with van der Waals surface area (Å²) >= 11 is 1.62. The van der Waals surface area contributed by atoms with Crippen LogP contribution in [0.3, 0.4) is 0 Å². The lowest BCUT2D eigenvalue weighted by Gasteiger charge is -2.14. The smallest absolute Gasteiger partial charge is 0.205 e. The number of nitrogens with zero attached hydrogens (tertiary/aromatic N) is 2. The monoisotopic (exact) mass is 321 g/mol. The van der Waals surface area contributed by atoms with Crippen molar-refractivity contribution in [3.63, 3.8) is 0 Å². The molecule has 0 amide bonds. The highest BCUT2D eigenvalue weighted by molar-refractivity contribution is 7.15. The third-order valence-corrected chi connectivity index (χ3v) is 4.63. The lowest BCUT2D eigenvalue weighted by Crippen LogP contribution is -2.03. The predicted molar refractivity (Wildman–Crippen MR) is 85.3 cm³/mol. The average Bonchev–Trinajstić information content (AvgIpc) is 3.30. The Morgan fingerprint density at radius 1 is 1.05 bits per heavy atom. The van der Waals surface area contributed by atoms with Gasteiger partial charge in [0.05, 0.1) is 21.3 Å². The Morgan fingerprint density at radius 2 is 1.73 bits per heavy atom. The Balaban J connectivity index is 1.74. The van der Waals surface area contributed by atoms with E-state index in [-0.39, 0.29) is 0 Å². The molecule has 6 nitrogen and oxygen atoms in total. The highest BCUT2D eigenvalue weighted by Gasteiger charge is 2.27. The largest absolute Gasteiger partial charge is 0.496 e. The van der Waals surface area contributed by atoms with Crippen molar-refractivity contribution in [3.8, 4) is 17.2 Å². The Hall–Kier alpha value is -2.02. The minimum Gasteiger partial charge on any atom is -0.496 e. The molecule has 1 N–H and O–H groups in total. The molecule has 22 heavy (non-hydrogen) atoms. The molecule has 0 aliphatic heterocycles. The molecule has 0 radical (unpaired) electrons. The van der Waals surface area contributed by atoms with E-state index in [1.54, 1.807) is 32.7 Å². The molecule has 0 atom stereocenters. The van der Waals surface area contributed by atoms with Crippen LogP contribution in [-0.4, -0.2) is 31.5 Å². The summed E-state index contributed by atoms with van der Waals surface area (Å²) in [4.78, 5) is 0. The quantitative estimate of drug-likeness (QED) is 0.845. The summed E-state index contributed by atoms with van der Waals surface area (Å²) < 4.78 is 16.0. The molecule has 0 unspecified atom stereocenters. The van der Waals surface area contributed by atoms with Gasteiger partial charge in [-0.25, -0.2) is 0 Å². The van der Waals surface area contributed by atoms with E-state index in [9.17, 15) is 0 Å². The fraction of sp³-hybridized carbons (Fsp3) is 0.467. The summed E-state index contributed by atoms with van der Waals surface area (Å²) in [7, 11) is 4.87. The highest BCUT2D eigenvalue weighted by atomic mass is 32.1. The second kappa shape index (κ2) is 6.39. The van der Waals surface area contributed by atoms with Crippen LogP contribution in [0.2, 0.25) is 0 Å². The van der Waals surface area contributed by atoms with Gasteiger partial charge >= 0.3 is 0 Å². The minimum atomic E-state index is 0.586. The van der Waals surface area contributed by atoms with E-state index >= 15 is 0 Å². The predicted octanol–water partition coefficient (Wildman–Crippen LogP) is 3.05. The van der Waals surface area contributed by atoms with Crippen molar-refractivity contribution in [1.29, 1.82) is 0 Å². The van der Waals surface area contributed by atoms with Crippen molar-refractivity contribution < 1.29 is 14.2 Å². The number of rotatable bonds is 7. The number of hydrogen-bond acceptors (Lipinski definition) is 7. The van der Waals surface area contributed by atoms with Crippen molar-refractivity contribution in [1.82, 2.24) is 10.2 Å². The summed E-state index contributed by atoms with van der Waals surface area (Å²) in [6, 6.07) is 3.74. The van der Waals surface area contributed by atoms with E-state index in [4.69, 9.17) is 14.2 Å². The number of methoxy groups -OCH3 is 3. The summed E-state index contributed by atoms with van der Waals surface area (Å²) in [6.07, 6.45) is 2.47. The minimum absolute atomic E-state index is 0.586.